The van der Waals surface area contributed by atoms with Crippen molar-refractivity contribution in [2.75, 3.05) is 18.6 Å². The minimum absolute atomic E-state index is 0.857. The maximum Gasteiger partial charge on any atom is 0.157 e. The lowest BCUT2D eigenvalue weighted by Gasteiger charge is -2.31. The van der Waals surface area contributed by atoms with Crippen LogP contribution in [0.5, 0.6) is 5.75 Å². The topological polar surface area (TPSA) is 53.0 Å². The third kappa shape index (κ3) is 2.74. The van der Waals surface area contributed by atoms with Gasteiger partial charge in [0.15, 0.2) is 5.82 Å². The van der Waals surface area contributed by atoms with Crippen LogP contribution in [-0.2, 0) is 27.2 Å². The summed E-state index contributed by atoms with van der Waals surface area (Å²) in [6.45, 7) is 4.79. The minimum Gasteiger partial charge on any atom is -0.494 e. The zero-order chi connectivity index (χ0) is 22.0. The molecular formula is C25H26N6O. The number of rotatable bonds is 4. The number of para-hydroxylation sites is 1. The number of benzene rings is 2. The zero-order valence-electron chi connectivity index (χ0n) is 18.8. The van der Waals surface area contributed by atoms with E-state index in [0.29, 0.717) is 0 Å². The molecule has 0 fully saturated rings. The van der Waals surface area contributed by atoms with Crippen molar-refractivity contribution < 1.29 is 4.74 Å². The molecule has 0 bridgehead atoms. The van der Waals surface area contributed by atoms with Gasteiger partial charge in [-0.15, -0.1) is 0 Å². The second kappa shape index (κ2) is 6.88. The van der Waals surface area contributed by atoms with Gasteiger partial charge in [-0.1, -0.05) is 12.1 Å². The molecule has 0 saturated heterocycles. The van der Waals surface area contributed by atoms with Crippen LogP contribution in [0, 0.1) is 6.92 Å². The Morgan fingerprint density at radius 1 is 1.06 bits per heavy atom. The first-order chi connectivity index (χ1) is 15.5. The Kier molecular flexibility index (Phi) is 4.08. The minimum atomic E-state index is 0.857. The molecule has 0 saturated carbocycles. The number of hydrogen-bond acceptors (Lipinski definition) is 4. The van der Waals surface area contributed by atoms with Crippen molar-refractivity contribution in [2.24, 2.45) is 14.1 Å². The van der Waals surface area contributed by atoms with Gasteiger partial charge in [0.1, 0.15) is 11.3 Å². The normalized spacial score (nSPS) is 13.4. The fourth-order valence-electron chi connectivity index (χ4n) is 5.09. The SMILES string of the molecule is COc1cc(C)cc2nc(-c3cc4cccc5c4n3CCN5Cc3cnn(C)c3)n(C)c12. The summed E-state index contributed by atoms with van der Waals surface area (Å²) in [7, 11) is 5.76. The molecule has 162 valence electrons. The molecule has 0 aliphatic carbocycles. The Morgan fingerprint density at radius 3 is 2.72 bits per heavy atom. The first-order valence-corrected chi connectivity index (χ1v) is 10.9. The smallest absolute Gasteiger partial charge is 0.157 e. The lowest BCUT2D eigenvalue weighted by Crippen LogP contribution is -2.31. The predicted octanol–water partition coefficient (Wildman–Crippen LogP) is 4.27. The molecule has 2 aromatic carbocycles. The molecule has 5 aromatic rings. The van der Waals surface area contributed by atoms with E-state index in [2.05, 4.69) is 75.7 Å². The summed E-state index contributed by atoms with van der Waals surface area (Å²) in [6.07, 6.45) is 4.04. The summed E-state index contributed by atoms with van der Waals surface area (Å²) < 4.78 is 12.1. The van der Waals surface area contributed by atoms with E-state index >= 15 is 0 Å². The predicted molar refractivity (Wildman–Crippen MR) is 127 cm³/mol. The fourth-order valence-corrected chi connectivity index (χ4v) is 5.09. The molecule has 6 rings (SSSR count). The molecule has 0 N–H and O–H groups in total. The number of anilines is 1. The Bertz CT molecular complexity index is 1490. The molecule has 32 heavy (non-hydrogen) atoms. The number of ether oxygens (including phenoxy) is 1. The third-order valence-electron chi connectivity index (χ3n) is 6.49. The fraction of sp³-hybridized carbons (Fsp3) is 0.280. The van der Waals surface area contributed by atoms with Crippen LogP contribution in [0.15, 0.2) is 48.8 Å². The largest absolute Gasteiger partial charge is 0.494 e. The highest BCUT2D eigenvalue weighted by Gasteiger charge is 2.25. The quantitative estimate of drug-likeness (QED) is 0.431. The Hall–Kier alpha value is -3.74. The van der Waals surface area contributed by atoms with Crippen LogP contribution < -0.4 is 9.64 Å². The van der Waals surface area contributed by atoms with Gasteiger partial charge in [-0.05, 0) is 36.8 Å². The number of hydrogen-bond donors (Lipinski definition) is 0. The van der Waals surface area contributed by atoms with Crippen LogP contribution in [0.3, 0.4) is 0 Å². The molecule has 0 atom stereocenters. The molecule has 7 nitrogen and oxygen atoms in total. The van der Waals surface area contributed by atoms with Crippen molar-refractivity contribution in [2.45, 2.75) is 20.0 Å². The molecule has 0 amide bonds. The van der Waals surface area contributed by atoms with Crippen LogP contribution in [0.4, 0.5) is 5.69 Å². The van der Waals surface area contributed by atoms with Gasteiger partial charge in [-0.2, -0.15) is 5.10 Å². The molecule has 3 aromatic heterocycles. The summed E-state index contributed by atoms with van der Waals surface area (Å²) >= 11 is 0. The maximum absolute atomic E-state index is 5.68. The van der Waals surface area contributed by atoms with Crippen LogP contribution in [0.25, 0.3) is 33.5 Å². The van der Waals surface area contributed by atoms with Gasteiger partial charge < -0.3 is 18.8 Å². The molecule has 1 aliphatic heterocycles. The maximum atomic E-state index is 5.68. The average Bonchev–Trinajstić information content (AvgIpc) is 3.45. The van der Waals surface area contributed by atoms with Gasteiger partial charge in [0, 0.05) is 50.9 Å². The van der Waals surface area contributed by atoms with Gasteiger partial charge in [0.2, 0.25) is 0 Å². The number of aryl methyl sites for hydroxylation is 3. The van der Waals surface area contributed by atoms with E-state index in [1.54, 1.807) is 7.11 Å². The molecule has 7 heteroatoms. The van der Waals surface area contributed by atoms with Crippen molar-refractivity contribution in [3.63, 3.8) is 0 Å². The zero-order valence-corrected chi connectivity index (χ0v) is 18.8. The van der Waals surface area contributed by atoms with E-state index in [1.165, 1.54) is 22.2 Å². The van der Waals surface area contributed by atoms with Crippen LogP contribution >= 0.6 is 0 Å². The van der Waals surface area contributed by atoms with Crippen molar-refractivity contribution in [3.05, 3.63) is 59.9 Å². The molecule has 0 spiro atoms. The highest BCUT2D eigenvalue weighted by Crippen LogP contribution is 2.39. The summed E-state index contributed by atoms with van der Waals surface area (Å²) in [4.78, 5) is 7.49. The molecule has 0 unspecified atom stereocenters. The molecule has 0 radical (unpaired) electrons. The lowest BCUT2D eigenvalue weighted by molar-refractivity contribution is 0.417. The van der Waals surface area contributed by atoms with E-state index < -0.39 is 0 Å². The van der Waals surface area contributed by atoms with Crippen molar-refractivity contribution in [3.8, 4) is 17.3 Å². The van der Waals surface area contributed by atoms with E-state index in [9.17, 15) is 0 Å². The van der Waals surface area contributed by atoms with Gasteiger partial charge >= 0.3 is 0 Å². The van der Waals surface area contributed by atoms with Crippen molar-refractivity contribution in [1.82, 2.24) is 23.9 Å². The summed E-state index contributed by atoms with van der Waals surface area (Å²) in [6, 6.07) is 13.0. The highest BCUT2D eigenvalue weighted by atomic mass is 16.5. The third-order valence-corrected chi connectivity index (χ3v) is 6.49. The van der Waals surface area contributed by atoms with Crippen molar-refractivity contribution >= 4 is 27.6 Å². The number of methoxy groups -OCH3 is 1. The number of nitrogens with zero attached hydrogens (tertiary/aromatic N) is 6. The first kappa shape index (κ1) is 19.0. The van der Waals surface area contributed by atoms with Crippen LogP contribution in [0.2, 0.25) is 0 Å². The molecular weight excluding hydrogens is 400 g/mol. The monoisotopic (exact) mass is 426 g/mol. The number of fused-ring (bicyclic) bond motifs is 1. The molecule has 1 aliphatic rings. The van der Waals surface area contributed by atoms with Crippen molar-refractivity contribution in [1.29, 1.82) is 0 Å². The Labute approximate surface area is 186 Å². The second-order valence-corrected chi connectivity index (χ2v) is 8.67. The summed E-state index contributed by atoms with van der Waals surface area (Å²) in [5.41, 5.74) is 8.04. The Balaban J connectivity index is 1.51. The standard InChI is InChI=1S/C25H26N6O/c1-16-10-19-24(22(11-16)32-4)29(3)25(27-19)21-12-18-6-5-7-20-23(18)31(21)9-8-30(20)15-17-13-26-28(2)14-17/h5-7,10-14H,8-9,15H2,1-4H3. The first-order valence-electron chi connectivity index (χ1n) is 10.9. The van der Waals surface area contributed by atoms with Crippen LogP contribution in [0.1, 0.15) is 11.1 Å². The highest BCUT2D eigenvalue weighted by molar-refractivity contribution is 5.97. The number of aromatic nitrogens is 5. The lowest BCUT2D eigenvalue weighted by atomic mass is 10.1. The van der Waals surface area contributed by atoms with E-state index in [-0.39, 0.29) is 0 Å². The summed E-state index contributed by atoms with van der Waals surface area (Å²) in [5.74, 6) is 1.83. The molecule has 4 heterocycles. The van der Waals surface area contributed by atoms with Gasteiger partial charge in [0.05, 0.1) is 35.7 Å². The average molecular weight is 427 g/mol. The van der Waals surface area contributed by atoms with Gasteiger partial charge in [-0.3, -0.25) is 4.68 Å². The van der Waals surface area contributed by atoms with E-state index in [1.807, 2.05) is 17.9 Å². The van der Waals surface area contributed by atoms with E-state index in [4.69, 9.17) is 9.72 Å². The Morgan fingerprint density at radius 2 is 1.94 bits per heavy atom. The van der Waals surface area contributed by atoms with Crippen LogP contribution in [-0.4, -0.2) is 37.6 Å². The van der Waals surface area contributed by atoms with Gasteiger partial charge in [-0.25, -0.2) is 4.98 Å². The number of imidazole rings is 1. The van der Waals surface area contributed by atoms with Gasteiger partial charge in [0.25, 0.3) is 0 Å². The second-order valence-electron chi connectivity index (χ2n) is 8.67. The summed E-state index contributed by atoms with van der Waals surface area (Å²) in [5, 5.41) is 5.57. The van der Waals surface area contributed by atoms with E-state index in [0.717, 1.165) is 53.5 Å².